The Bertz CT molecular complexity index is 389. The largest absolute Gasteiger partial charge is 0.307 e. The fourth-order valence-corrected chi connectivity index (χ4v) is 1.18. The first-order valence-electron chi connectivity index (χ1n) is 3.58. The molecule has 3 nitrogen and oxygen atoms in total. The maximum absolute atomic E-state index is 4.16. The number of fused-ring (bicyclic) bond motifs is 1. The van der Waals surface area contributed by atoms with Crippen molar-refractivity contribution in [1.29, 1.82) is 0 Å². The Morgan fingerprint density at radius 1 is 1.55 bits per heavy atom. The highest BCUT2D eigenvalue weighted by Crippen LogP contribution is 1.96. The highest BCUT2D eigenvalue weighted by Gasteiger charge is 2.08. The summed E-state index contributed by atoms with van der Waals surface area (Å²) in [7, 11) is 2.03. The van der Waals surface area contributed by atoms with Crippen LogP contribution in [0.15, 0.2) is 24.5 Å². The zero-order chi connectivity index (χ0) is 7.84. The predicted molar refractivity (Wildman–Crippen MR) is 41.1 cm³/mol. The zero-order valence-corrected chi connectivity index (χ0v) is 6.65. The van der Waals surface area contributed by atoms with Gasteiger partial charge in [0.05, 0.1) is 13.2 Å². The van der Waals surface area contributed by atoms with Gasteiger partial charge in [-0.1, -0.05) is 5.10 Å². The Balaban J connectivity index is 2.92. The second-order valence-electron chi connectivity index (χ2n) is 2.66. The molecule has 2 aromatic rings. The van der Waals surface area contributed by atoms with Gasteiger partial charge < -0.3 is 0 Å². The fourth-order valence-electron chi connectivity index (χ4n) is 1.18. The Labute approximate surface area is 64.9 Å². The molecule has 56 valence electrons. The number of aryl methyl sites for hydroxylation is 2. The lowest BCUT2D eigenvalue weighted by atomic mass is 10.5. The van der Waals surface area contributed by atoms with Crippen LogP contribution < -0.4 is 4.57 Å². The van der Waals surface area contributed by atoms with E-state index in [1.807, 2.05) is 29.9 Å². The topological polar surface area (TPSA) is 21.2 Å². The average molecular weight is 148 g/mol. The van der Waals surface area contributed by atoms with E-state index in [1.54, 1.807) is 6.20 Å². The van der Waals surface area contributed by atoms with Gasteiger partial charge in [-0.25, -0.2) is 4.57 Å². The van der Waals surface area contributed by atoms with Gasteiger partial charge in [-0.15, -0.1) is 4.52 Å². The molecule has 2 heterocycles. The SMILES string of the molecule is Cc1cn2ncccc2[n+]1C. The van der Waals surface area contributed by atoms with Crippen molar-refractivity contribution >= 4 is 5.65 Å². The van der Waals surface area contributed by atoms with Crippen LogP contribution in [0.5, 0.6) is 0 Å². The van der Waals surface area contributed by atoms with Gasteiger partial charge in [0, 0.05) is 13.0 Å². The summed E-state index contributed by atoms with van der Waals surface area (Å²) in [5, 5.41) is 4.16. The van der Waals surface area contributed by atoms with Crippen LogP contribution in [-0.2, 0) is 7.05 Å². The highest BCUT2D eigenvalue weighted by molar-refractivity contribution is 5.29. The highest BCUT2D eigenvalue weighted by atomic mass is 15.3. The third kappa shape index (κ3) is 0.808. The summed E-state index contributed by atoms with van der Waals surface area (Å²) in [6, 6.07) is 3.98. The van der Waals surface area contributed by atoms with Crippen LogP contribution in [-0.4, -0.2) is 9.61 Å². The third-order valence-electron chi connectivity index (χ3n) is 1.94. The maximum atomic E-state index is 4.16. The van der Waals surface area contributed by atoms with E-state index in [2.05, 4.69) is 16.6 Å². The van der Waals surface area contributed by atoms with Gasteiger partial charge in [0.15, 0.2) is 6.20 Å². The van der Waals surface area contributed by atoms with Gasteiger partial charge in [-0.05, 0) is 6.07 Å². The van der Waals surface area contributed by atoms with E-state index in [9.17, 15) is 0 Å². The monoisotopic (exact) mass is 148 g/mol. The van der Waals surface area contributed by atoms with Crippen molar-refractivity contribution in [3.05, 3.63) is 30.2 Å². The lowest BCUT2D eigenvalue weighted by Crippen LogP contribution is -2.29. The van der Waals surface area contributed by atoms with Gasteiger partial charge in [0.25, 0.3) is 0 Å². The van der Waals surface area contributed by atoms with Crippen molar-refractivity contribution in [2.24, 2.45) is 7.05 Å². The second-order valence-corrected chi connectivity index (χ2v) is 2.66. The molecule has 0 atom stereocenters. The normalized spacial score (nSPS) is 10.7. The first-order valence-corrected chi connectivity index (χ1v) is 3.58. The van der Waals surface area contributed by atoms with Crippen LogP contribution in [0.4, 0.5) is 0 Å². The molecule has 0 unspecified atom stereocenters. The van der Waals surface area contributed by atoms with Gasteiger partial charge >= 0.3 is 5.65 Å². The zero-order valence-electron chi connectivity index (χ0n) is 6.65. The summed E-state index contributed by atoms with van der Waals surface area (Å²) >= 11 is 0. The molecule has 0 aliphatic carbocycles. The Hall–Kier alpha value is -1.38. The Morgan fingerprint density at radius 2 is 2.36 bits per heavy atom. The Kier molecular flexibility index (Phi) is 1.18. The quantitative estimate of drug-likeness (QED) is 0.497. The molecule has 0 N–H and O–H groups in total. The van der Waals surface area contributed by atoms with Crippen LogP contribution in [0, 0.1) is 6.92 Å². The average Bonchev–Trinajstić information content (AvgIpc) is 2.30. The summed E-state index contributed by atoms with van der Waals surface area (Å²) in [5.41, 5.74) is 2.33. The molecule has 0 aliphatic rings. The van der Waals surface area contributed by atoms with Crippen molar-refractivity contribution in [2.45, 2.75) is 6.92 Å². The molecule has 11 heavy (non-hydrogen) atoms. The molecule has 0 bridgehead atoms. The van der Waals surface area contributed by atoms with Gasteiger partial charge in [0.2, 0.25) is 0 Å². The van der Waals surface area contributed by atoms with E-state index < -0.39 is 0 Å². The second kappa shape index (κ2) is 2.05. The van der Waals surface area contributed by atoms with Crippen LogP contribution in [0.1, 0.15) is 5.69 Å². The molecule has 0 amide bonds. The molecule has 2 aromatic heterocycles. The third-order valence-corrected chi connectivity index (χ3v) is 1.94. The Morgan fingerprint density at radius 3 is 3.09 bits per heavy atom. The van der Waals surface area contributed by atoms with Gasteiger partial charge in [-0.3, -0.25) is 0 Å². The van der Waals surface area contributed by atoms with E-state index in [-0.39, 0.29) is 0 Å². The van der Waals surface area contributed by atoms with Crippen molar-refractivity contribution in [2.75, 3.05) is 0 Å². The van der Waals surface area contributed by atoms with Crippen LogP contribution >= 0.6 is 0 Å². The van der Waals surface area contributed by atoms with Crippen molar-refractivity contribution in [1.82, 2.24) is 9.61 Å². The smallest absolute Gasteiger partial charge is 0.229 e. The minimum Gasteiger partial charge on any atom is -0.229 e. The van der Waals surface area contributed by atoms with Gasteiger partial charge in [0.1, 0.15) is 5.69 Å². The molecular formula is C8H10N3+. The lowest BCUT2D eigenvalue weighted by Gasteiger charge is -1.85. The molecule has 0 saturated carbocycles. The summed E-state index contributed by atoms with van der Waals surface area (Å²) in [6.07, 6.45) is 3.79. The fraction of sp³-hybridized carbons (Fsp3) is 0.250. The van der Waals surface area contributed by atoms with E-state index in [4.69, 9.17) is 0 Å². The molecule has 0 aromatic carbocycles. The molecule has 2 rings (SSSR count). The summed E-state index contributed by atoms with van der Waals surface area (Å²) in [6.45, 7) is 2.06. The summed E-state index contributed by atoms with van der Waals surface area (Å²) in [4.78, 5) is 0. The number of hydrogen-bond acceptors (Lipinski definition) is 1. The molecular weight excluding hydrogens is 138 g/mol. The molecule has 0 radical (unpaired) electrons. The minimum absolute atomic E-state index is 1.12. The standard InChI is InChI=1S/C8H10N3/c1-7-6-11-8(10(7)2)4-3-5-9-11/h3-6H,1-2H3/q+1. The molecule has 0 saturated heterocycles. The van der Waals surface area contributed by atoms with Gasteiger partial charge in [-0.2, -0.15) is 0 Å². The molecule has 3 heteroatoms. The minimum atomic E-state index is 1.12. The van der Waals surface area contributed by atoms with Crippen molar-refractivity contribution < 1.29 is 4.57 Å². The predicted octanol–water partition coefficient (Wildman–Crippen LogP) is 0.467. The molecule has 0 fully saturated rings. The van der Waals surface area contributed by atoms with E-state index >= 15 is 0 Å². The first-order chi connectivity index (χ1) is 5.29. The van der Waals surface area contributed by atoms with E-state index in [0.29, 0.717) is 0 Å². The number of hydrogen-bond donors (Lipinski definition) is 0. The number of nitrogens with zero attached hydrogens (tertiary/aromatic N) is 3. The van der Waals surface area contributed by atoms with Crippen LogP contribution in [0.3, 0.4) is 0 Å². The van der Waals surface area contributed by atoms with Crippen LogP contribution in [0.2, 0.25) is 0 Å². The summed E-state index contributed by atoms with van der Waals surface area (Å²) < 4.78 is 3.97. The first kappa shape index (κ1) is 6.34. The molecule has 0 aliphatic heterocycles. The van der Waals surface area contributed by atoms with Crippen molar-refractivity contribution in [3.63, 3.8) is 0 Å². The number of aromatic nitrogens is 3. The lowest BCUT2D eigenvalue weighted by molar-refractivity contribution is -0.650. The maximum Gasteiger partial charge on any atom is 0.307 e. The van der Waals surface area contributed by atoms with E-state index in [0.717, 1.165) is 5.65 Å². The molecule has 0 spiro atoms. The summed E-state index contributed by atoms with van der Waals surface area (Å²) in [5.74, 6) is 0. The number of imidazole rings is 1. The number of rotatable bonds is 0. The van der Waals surface area contributed by atoms with Crippen LogP contribution in [0.25, 0.3) is 5.65 Å². The van der Waals surface area contributed by atoms with E-state index in [1.165, 1.54) is 5.69 Å². The van der Waals surface area contributed by atoms with Crippen molar-refractivity contribution in [3.8, 4) is 0 Å².